The van der Waals surface area contributed by atoms with Gasteiger partial charge in [0.1, 0.15) is 0 Å². The third-order valence-corrected chi connectivity index (χ3v) is 10.1. The van der Waals surface area contributed by atoms with Gasteiger partial charge in [0.15, 0.2) is 0 Å². The number of rotatable bonds is 6. The van der Waals surface area contributed by atoms with Crippen LogP contribution in [0.4, 0.5) is 11.4 Å². The molecule has 0 saturated heterocycles. The molecule has 0 aromatic heterocycles. The maximum atomic E-state index is 6.86. The number of nitrogen functional groups attached to an aromatic ring is 2. The number of allylic oxidation sites excluding steroid dienone is 5. The van der Waals surface area contributed by atoms with Crippen molar-refractivity contribution in [3.8, 4) is 22.3 Å². The molecule has 1 atom stereocenters. The third-order valence-electron chi connectivity index (χ3n) is 10.1. The summed E-state index contributed by atoms with van der Waals surface area (Å²) in [6.45, 7) is 4.43. The largest absolute Gasteiger partial charge is 0.398 e. The molecule has 0 heterocycles. The van der Waals surface area contributed by atoms with Gasteiger partial charge in [-0.3, -0.25) is 0 Å². The van der Waals surface area contributed by atoms with Crippen LogP contribution in [0.15, 0.2) is 126 Å². The summed E-state index contributed by atoms with van der Waals surface area (Å²) < 4.78 is 0. The highest BCUT2D eigenvalue weighted by atomic mass is 14.6. The molecule has 220 valence electrons. The van der Waals surface area contributed by atoms with Gasteiger partial charge < -0.3 is 11.5 Å². The van der Waals surface area contributed by atoms with Crippen molar-refractivity contribution in [2.75, 3.05) is 11.5 Å². The highest BCUT2D eigenvalue weighted by Gasteiger charge is 2.53. The Morgan fingerprint density at radius 1 is 0.733 bits per heavy atom. The van der Waals surface area contributed by atoms with Crippen LogP contribution in [0.1, 0.15) is 65.6 Å². The van der Waals surface area contributed by atoms with E-state index in [-0.39, 0.29) is 5.41 Å². The van der Waals surface area contributed by atoms with Gasteiger partial charge in [-0.15, -0.1) is 0 Å². The molecule has 0 amide bonds. The van der Waals surface area contributed by atoms with Crippen LogP contribution < -0.4 is 11.5 Å². The van der Waals surface area contributed by atoms with Crippen molar-refractivity contribution in [1.29, 1.82) is 0 Å². The van der Waals surface area contributed by atoms with Crippen molar-refractivity contribution in [2.45, 2.75) is 44.9 Å². The van der Waals surface area contributed by atoms with Crippen molar-refractivity contribution in [3.05, 3.63) is 165 Å². The maximum absolute atomic E-state index is 6.86. The van der Waals surface area contributed by atoms with E-state index in [1.807, 2.05) is 18.2 Å². The fourth-order valence-corrected chi connectivity index (χ4v) is 8.28. The quantitative estimate of drug-likeness (QED) is 0.196. The van der Waals surface area contributed by atoms with E-state index in [4.69, 9.17) is 11.5 Å². The van der Waals surface area contributed by atoms with Gasteiger partial charge in [0.25, 0.3) is 0 Å². The Bertz CT molecular complexity index is 2110. The summed E-state index contributed by atoms with van der Waals surface area (Å²) in [5, 5.41) is 0. The molecule has 1 spiro atoms. The molecule has 0 bridgehead atoms. The molecule has 3 aliphatic carbocycles. The number of fused-ring (bicyclic) bond motifs is 10. The minimum Gasteiger partial charge on any atom is -0.398 e. The van der Waals surface area contributed by atoms with Crippen LogP contribution in [-0.2, 0) is 18.3 Å². The first-order chi connectivity index (χ1) is 22.0. The van der Waals surface area contributed by atoms with E-state index >= 15 is 0 Å². The molecule has 2 heteroatoms. The van der Waals surface area contributed by atoms with Crippen LogP contribution in [-0.4, -0.2) is 0 Å². The number of nitrogens with two attached hydrogens (primary N) is 2. The number of hydrogen-bond donors (Lipinski definition) is 2. The number of anilines is 2. The van der Waals surface area contributed by atoms with Crippen LogP contribution in [0.5, 0.6) is 0 Å². The Labute approximate surface area is 266 Å². The average Bonchev–Trinajstić information content (AvgIpc) is 3.72. The van der Waals surface area contributed by atoms with E-state index in [1.54, 1.807) is 0 Å². The highest BCUT2D eigenvalue weighted by molar-refractivity contribution is 6.01. The van der Waals surface area contributed by atoms with E-state index < -0.39 is 0 Å². The van der Waals surface area contributed by atoms with Crippen molar-refractivity contribution >= 4 is 23.0 Å². The Balaban J connectivity index is 1.24. The monoisotopic (exact) mass is 582 g/mol. The normalized spacial score (nSPS) is 17.5. The van der Waals surface area contributed by atoms with Crippen molar-refractivity contribution in [2.24, 2.45) is 0 Å². The van der Waals surface area contributed by atoms with Gasteiger partial charge in [0.2, 0.25) is 0 Å². The van der Waals surface area contributed by atoms with Gasteiger partial charge in [-0.1, -0.05) is 134 Å². The zero-order valence-electron chi connectivity index (χ0n) is 26.0. The molecule has 0 radical (unpaired) electrons. The van der Waals surface area contributed by atoms with E-state index in [1.165, 1.54) is 61.2 Å². The first-order valence-corrected chi connectivity index (χ1v) is 16.2. The number of benzene rings is 5. The van der Waals surface area contributed by atoms with Gasteiger partial charge in [0, 0.05) is 22.5 Å². The lowest BCUT2D eigenvalue weighted by molar-refractivity contribution is 0.791. The molecule has 2 nitrogen and oxygen atoms in total. The first kappa shape index (κ1) is 27.5. The second-order valence-electron chi connectivity index (χ2n) is 12.8. The maximum Gasteiger partial charge on any atom is 0.0722 e. The van der Waals surface area contributed by atoms with E-state index in [0.29, 0.717) is 0 Å². The van der Waals surface area contributed by atoms with Gasteiger partial charge in [-0.05, 0) is 93.5 Å². The lowest BCUT2D eigenvalue weighted by Crippen LogP contribution is -2.25. The summed E-state index contributed by atoms with van der Waals surface area (Å²) in [5.74, 6) is 0. The number of para-hydroxylation sites is 1. The molecule has 0 aliphatic heterocycles. The first-order valence-electron chi connectivity index (χ1n) is 16.2. The lowest BCUT2D eigenvalue weighted by atomic mass is 9.70. The number of hydrogen-bond acceptors (Lipinski definition) is 2. The molecule has 0 fully saturated rings. The number of aryl methyl sites for hydroxylation is 1. The van der Waals surface area contributed by atoms with Gasteiger partial charge >= 0.3 is 0 Å². The average molecular weight is 583 g/mol. The van der Waals surface area contributed by atoms with Crippen LogP contribution in [0.25, 0.3) is 33.9 Å². The summed E-state index contributed by atoms with van der Waals surface area (Å²) >= 11 is 0. The highest BCUT2D eigenvalue weighted by Crippen LogP contribution is 2.64. The van der Waals surface area contributed by atoms with Crippen molar-refractivity contribution in [1.82, 2.24) is 0 Å². The second kappa shape index (κ2) is 10.5. The molecule has 5 aromatic carbocycles. The third kappa shape index (κ3) is 4.02. The van der Waals surface area contributed by atoms with Gasteiger partial charge in [0.05, 0.1) is 5.41 Å². The zero-order valence-corrected chi connectivity index (χ0v) is 26.0. The fraction of sp³-hybridized carbons (Fsp3) is 0.163. The molecule has 8 rings (SSSR count). The smallest absolute Gasteiger partial charge is 0.0722 e. The molecule has 3 aliphatic rings. The fourth-order valence-electron chi connectivity index (χ4n) is 8.28. The molecular weight excluding hydrogens is 544 g/mol. The summed E-state index contributed by atoms with van der Waals surface area (Å²) in [6, 6.07) is 37.7. The predicted octanol–water partition coefficient (Wildman–Crippen LogP) is 10.2. The van der Waals surface area contributed by atoms with E-state index in [0.717, 1.165) is 53.7 Å². The van der Waals surface area contributed by atoms with Crippen molar-refractivity contribution < 1.29 is 0 Å². The van der Waals surface area contributed by atoms with Gasteiger partial charge in [-0.2, -0.15) is 0 Å². The summed E-state index contributed by atoms with van der Waals surface area (Å²) in [7, 11) is 0. The standard InChI is InChI=1S/C43H38N2/c1-3-11-29-21-22-30(41(42(29)45)35-14-6-9-19-40(35)44)25-27(2)24-28-20-23-34-32-13-5-8-17-37(32)43(39(34)26-28)36-16-7-4-12-31(36)33-15-10-18-38(33)43/h4-9,12-23,25-26H,3,10-11,24,44-45H2,1-2H3/b27-25+. The van der Waals surface area contributed by atoms with Crippen molar-refractivity contribution in [3.63, 3.8) is 0 Å². The van der Waals surface area contributed by atoms with Gasteiger partial charge in [-0.25, -0.2) is 0 Å². The minimum absolute atomic E-state index is 0.264. The Morgan fingerprint density at radius 2 is 1.42 bits per heavy atom. The molecule has 4 N–H and O–H groups in total. The Morgan fingerprint density at radius 3 is 2.20 bits per heavy atom. The molecule has 45 heavy (non-hydrogen) atoms. The van der Waals surface area contributed by atoms with Crippen LogP contribution >= 0.6 is 0 Å². The lowest BCUT2D eigenvalue weighted by Gasteiger charge is -2.30. The Kier molecular flexibility index (Phi) is 6.42. The van der Waals surface area contributed by atoms with Crippen LogP contribution in [0.3, 0.4) is 0 Å². The summed E-state index contributed by atoms with van der Waals surface area (Å²) in [6.07, 6.45) is 11.0. The molecule has 5 aromatic rings. The predicted molar refractivity (Wildman–Crippen MR) is 191 cm³/mol. The zero-order chi connectivity index (χ0) is 30.7. The molecular formula is C43H38N2. The molecule has 1 unspecified atom stereocenters. The molecule has 0 saturated carbocycles. The summed E-state index contributed by atoms with van der Waals surface area (Å²) in [5.41, 5.74) is 32.8. The van der Waals surface area contributed by atoms with E-state index in [2.05, 4.69) is 117 Å². The summed E-state index contributed by atoms with van der Waals surface area (Å²) in [4.78, 5) is 0. The Hall–Kier alpha value is -5.08. The van der Waals surface area contributed by atoms with Crippen LogP contribution in [0.2, 0.25) is 0 Å². The van der Waals surface area contributed by atoms with E-state index in [9.17, 15) is 0 Å². The second-order valence-corrected chi connectivity index (χ2v) is 12.8. The minimum atomic E-state index is -0.264. The SMILES string of the molecule is CCCc1ccc(/C=C(\C)Cc2ccc3c(c2)C2(C4=CCC=C4c4ccccc42)c2ccccc2-3)c(-c2ccccc2N)c1N. The topological polar surface area (TPSA) is 52.0 Å². The van der Waals surface area contributed by atoms with Crippen LogP contribution in [0, 0.1) is 0 Å².